The zero-order valence-electron chi connectivity index (χ0n) is 13.9. The Morgan fingerprint density at radius 2 is 1.25 bits per heavy atom. The predicted octanol–water partition coefficient (Wildman–Crippen LogP) is -7.19. The summed E-state index contributed by atoms with van der Waals surface area (Å²) in [5.74, 6) is -0.445. The molecule has 0 radical (unpaired) electrons. The molecule has 6 nitrogen and oxygen atoms in total. The number of carboxylic acids is 2. The SMILES string of the molecule is O=C([O-])C1=CCSC2CCN12.O=C([O-])C1=CCSC2CCN12.[Na+].[Na+]. The normalized spacial score (nSPS) is 26.2. The van der Waals surface area contributed by atoms with E-state index in [9.17, 15) is 19.8 Å². The van der Waals surface area contributed by atoms with Gasteiger partial charge in [0.2, 0.25) is 0 Å². The Kier molecular flexibility index (Phi) is 9.63. The van der Waals surface area contributed by atoms with E-state index in [4.69, 9.17) is 0 Å². The van der Waals surface area contributed by atoms with Crippen molar-refractivity contribution in [2.24, 2.45) is 0 Å². The average Bonchev–Trinajstić information content (AvgIpc) is 2.41. The molecule has 4 heterocycles. The second-order valence-electron chi connectivity index (χ2n) is 5.29. The van der Waals surface area contributed by atoms with E-state index >= 15 is 0 Å². The van der Waals surface area contributed by atoms with Crippen molar-refractivity contribution in [3.8, 4) is 0 Å². The number of thioether (sulfide) groups is 2. The first kappa shape index (κ1) is 22.8. The van der Waals surface area contributed by atoms with E-state index in [1.54, 1.807) is 35.7 Å². The average molecular weight is 386 g/mol. The molecule has 2 saturated heterocycles. The van der Waals surface area contributed by atoms with Crippen LogP contribution in [0, 0.1) is 0 Å². The van der Waals surface area contributed by atoms with Crippen LogP contribution in [0.1, 0.15) is 12.8 Å². The fourth-order valence-corrected chi connectivity index (χ4v) is 5.03. The smallest absolute Gasteiger partial charge is 0.543 e. The maximum Gasteiger partial charge on any atom is 1.00 e. The first-order valence-electron chi connectivity index (χ1n) is 7.17. The minimum atomic E-state index is -1.03. The maximum atomic E-state index is 10.5. The standard InChI is InChI=1S/2C7H9NO2S.2Na/c2*9-7(10)5-2-4-11-6-1-3-8(5)6;;/h2*2,6H,1,3-4H2,(H,9,10);;/q;;2*+1/p-2. The van der Waals surface area contributed by atoms with E-state index in [1.165, 1.54) is 0 Å². The third kappa shape index (κ3) is 4.91. The van der Waals surface area contributed by atoms with Crippen molar-refractivity contribution < 1.29 is 78.9 Å². The zero-order chi connectivity index (χ0) is 15.7. The minimum Gasteiger partial charge on any atom is -0.543 e. The Morgan fingerprint density at radius 3 is 1.46 bits per heavy atom. The van der Waals surface area contributed by atoms with Gasteiger partial charge in [-0.3, -0.25) is 0 Å². The number of aliphatic carboxylic acids is 2. The van der Waals surface area contributed by atoms with Crippen LogP contribution in [0.4, 0.5) is 0 Å². The van der Waals surface area contributed by atoms with Gasteiger partial charge in [0.25, 0.3) is 0 Å². The fraction of sp³-hybridized carbons (Fsp3) is 0.571. The van der Waals surface area contributed by atoms with Crippen LogP contribution in [-0.2, 0) is 9.59 Å². The maximum absolute atomic E-state index is 10.5. The molecule has 0 aromatic heterocycles. The van der Waals surface area contributed by atoms with Gasteiger partial charge in [-0.25, -0.2) is 0 Å². The summed E-state index contributed by atoms with van der Waals surface area (Å²) in [6.07, 6.45) is 5.68. The summed E-state index contributed by atoms with van der Waals surface area (Å²) in [6, 6.07) is 0. The molecule has 0 aromatic rings. The van der Waals surface area contributed by atoms with Gasteiger partial charge in [-0.2, -0.15) is 0 Å². The molecule has 0 amide bonds. The van der Waals surface area contributed by atoms with Gasteiger partial charge in [-0.15, -0.1) is 23.5 Å². The van der Waals surface area contributed by atoms with Crippen LogP contribution < -0.4 is 69.3 Å². The van der Waals surface area contributed by atoms with Crippen LogP contribution in [0.2, 0.25) is 0 Å². The quantitative estimate of drug-likeness (QED) is 0.433. The number of carbonyl (C=O) groups excluding carboxylic acids is 2. The molecule has 0 saturated carbocycles. The summed E-state index contributed by atoms with van der Waals surface area (Å²) in [5.41, 5.74) is 0.778. The monoisotopic (exact) mass is 386 g/mol. The molecule has 0 aromatic carbocycles. The number of hydrogen-bond donors (Lipinski definition) is 0. The first-order chi connectivity index (χ1) is 10.6. The van der Waals surface area contributed by atoms with Crippen molar-refractivity contribution in [3.63, 3.8) is 0 Å². The molecule has 24 heavy (non-hydrogen) atoms. The number of hydrogen-bond acceptors (Lipinski definition) is 8. The van der Waals surface area contributed by atoms with Gasteiger partial charge in [0.05, 0.1) is 34.1 Å². The molecule has 10 heteroatoms. The van der Waals surface area contributed by atoms with E-state index in [0.29, 0.717) is 22.1 Å². The Balaban J connectivity index is 0.000000222. The molecular weight excluding hydrogens is 370 g/mol. The van der Waals surface area contributed by atoms with E-state index in [1.807, 2.05) is 9.80 Å². The fourth-order valence-electron chi connectivity index (χ4n) is 2.74. The Morgan fingerprint density at radius 1 is 0.875 bits per heavy atom. The van der Waals surface area contributed by atoms with Crippen molar-refractivity contribution in [2.45, 2.75) is 23.6 Å². The van der Waals surface area contributed by atoms with E-state index in [-0.39, 0.29) is 59.1 Å². The number of carboxylic acid groups (broad SMARTS) is 2. The summed E-state index contributed by atoms with van der Waals surface area (Å²) in [6.45, 7) is 1.74. The molecule has 4 aliphatic heterocycles. The van der Waals surface area contributed by atoms with Crippen LogP contribution >= 0.6 is 23.5 Å². The Bertz CT molecular complexity index is 511. The summed E-state index contributed by atoms with van der Waals surface area (Å²) in [7, 11) is 0. The Hall–Kier alpha value is 0.720. The molecule has 2 fully saturated rings. The second-order valence-corrected chi connectivity index (χ2v) is 7.72. The molecule has 0 spiro atoms. The van der Waals surface area contributed by atoms with Gasteiger partial charge in [-0.05, 0) is 25.0 Å². The topological polar surface area (TPSA) is 86.7 Å². The van der Waals surface area contributed by atoms with Crippen LogP contribution in [0.5, 0.6) is 0 Å². The number of carbonyl (C=O) groups is 2. The first-order valence-corrected chi connectivity index (χ1v) is 9.27. The third-order valence-electron chi connectivity index (χ3n) is 4.10. The van der Waals surface area contributed by atoms with Crippen molar-refractivity contribution in [3.05, 3.63) is 23.5 Å². The van der Waals surface area contributed by atoms with Crippen molar-refractivity contribution in [1.82, 2.24) is 9.80 Å². The number of nitrogens with zero attached hydrogens (tertiary/aromatic N) is 2. The molecule has 0 N–H and O–H groups in total. The van der Waals surface area contributed by atoms with Gasteiger partial charge < -0.3 is 29.6 Å². The van der Waals surface area contributed by atoms with Gasteiger partial charge in [0.15, 0.2) is 0 Å². The van der Waals surface area contributed by atoms with Gasteiger partial charge in [0.1, 0.15) is 0 Å². The summed E-state index contributed by atoms with van der Waals surface area (Å²) in [4.78, 5) is 24.8. The van der Waals surface area contributed by atoms with Crippen molar-refractivity contribution in [1.29, 1.82) is 0 Å². The molecule has 2 unspecified atom stereocenters. The second kappa shape index (κ2) is 10.2. The summed E-state index contributed by atoms with van der Waals surface area (Å²) < 4.78 is 0. The molecule has 2 atom stereocenters. The molecular formula is C14H16N2Na2O4S2. The largest absolute Gasteiger partial charge is 1.00 e. The minimum absolute atomic E-state index is 0. The van der Waals surface area contributed by atoms with E-state index < -0.39 is 11.9 Å². The van der Waals surface area contributed by atoms with Crippen LogP contribution in [0.3, 0.4) is 0 Å². The number of fused-ring (bicyclic) bond motifs is 2. The summed E-state index contributed by atoms with van der Waals surface area (Å²) in [5, 5.41) is 21.8. The predicted molar refractivity (Wildman–Crippen MR) is 81.3 cm³/mol. The summed E-state index contributed by atoms with van der Waals surface area (Å²) >= 11 is 3.59. The van der Waals surface area contributed by atoms with Gasteiger partial charge >= 0.3 is 59.1 Å². The number of rotatable bonds is 2. The van der Waals surface area contributed by atoms with Crippen molar-refractivity contribution in [2.75, 3.05) is 24.6 Å². The Labute approximate surface area is 194 Å². The van der Waals surface area contributed by atoms with E-state index in [2.05, 4.69) is 0 Å². The molecule has 120 valence electrons. The molecule has 4 rings (SSSR count). The third-order valence-corrected chi connectivity index (χ3v) is 6.57. The van der Waals surface area contributed by atoms with Gasteiger partial charge in [0, 0.05) is 24.6 Å². The molecule has 0 bridgehead atoms. The van der Waals surface area contributed by atoms with E-state index in [0.717, 1.165) is 37.4 Å². The van der Waals surface area contributed by atoms with Crippen LogP contribution in [0.25, 0.3) is 0 Å². The molecule has 0 aliphatic carbocycles. The van der Waals surface area contributed by atoms with Crippen molar-refractivity contribution >= 4 is 35.5 Å². The zero-order valence-corrected chi connectivity index (χ0v) is 19.5. The van der Waals surface area contributed by atoms with Crippen LogP contribution in [0.15, 0.2) is 23.5 Å². The van der Waals surface area contributed by atoms with Crippen LogP contribution in [-0.4, -0.2) is 57.1 Å². The molecule has 4 aliphatic rings. The van der Waals surface area contributed by atoms with Gasteiger partial charge in [-0.1, -0.05) is 0 Å².